The van der Waals surface area contributed by atoms with E-state index in [1.54, 1.807) is 0 Å². The van der Waals surface area contributed by atoms with E-state index in [2.05, 4.69) is 210 Å². The Morgan fingerprint density at radius 3 is 1.37 bits per heavy atom. The van der Waals surface area contributed by atoms with Crippen LogP contribution in [0.3, 0.4) is 0 Å². The maximum absolute atomic E-state index is 4.73. The van der Waals surface area contributed by atoms with E-state index in [-0.39, 0.29) is 0 Å². The van der Waals surface area contributed by atoms with Gasteiger partial charge in [0.25, 0.3) is 0 Å². The van der Waals surface area contributed by atoms with Gasteiger partial charge in [0, 0.05) is 40.1 Å². The number of benzene rings is 8. The number of aromatic nitrogens is 4. The predicted octanol–water partition coefficient (Wildman–Crippen LogP) is 15.8. The lowest BCUT2D eigenvalue weighted by molar-refractivity contribution is 0.882. The van der Waals surface area contributed by atoms with Crippen LogP contribution >= 0.6 is 0 Å². The molecule has 2 aliphatic carbocycles. The summed E-state index contributed by atoms with van der Waals surface area (Å²) in [5.41, 5.74) is 28.7. The van der Waals surface area contributed by atoms with Gasteiger partial charge in [0.2, 0.25) is 0 Å². The van der Waals surface area contributed by atoms with Crippen molar-refractivity contribution in [3.8, 4) is 67.0 Å². The van der Waals surface area contributed by atoms with Crippen molar-refractivity contribution in [1.29, 1.82) is 0 Å². The summed E-state index contributed by atoms with van der Waals surface area (Å²) in [6.07, 6.45) is 12.2. The molecule has 8 aromatic carbocycles. The monoisotopic (exact) mass is 858 g/mol. The lowest BCUT2D eigenvalue weighted by atomic mass is 9.74. The zero-order valence-electron chi connectivity index (χ0n) is 37.6. The number of rotatable bonds is 6. The van der Waals surface area contributed by atoms with E-state index in [0.717, 1.165) is 31.4 Å². The molecule has 318 valence electrons. The molecule has 0 bridgehead atoms. The SMILES string of the molecule is Cc1ccncc1-n1c2ccc(-c3ccccc3-c3ccccc3)cc2c2cc3c4c(c21)CCc1cc2c5cc(-c6ccccc6-c6ccccc6)ccc5n(-c5c[nH]cc5C)c2c(c1-4)CC3. The molecule has 0 amide bonds. The summed E-state index contributed by atoms with van der Waals surface area (Å²) in [6, 6.07) is 60.9. The van der Waals surface area contributed by atoms with Gasteiger partial charge in [-0.25, -0.2) is 0 Å². The van der Waals surface area contributed by atoms with Crippen molar-refractivity contribution in [2.24, 2.45) is 0 Å². The fourth-order valence-corrected chi connectivity index (χ4v) is 12.1. The second-order valence-electron chi connectivity index (χ2n) is 18.7. The Labute approximate surface area is 389 Å². The minimum atomic E-state index is 0.974. The van der Waals surface area contributed by atoms with Gasteiger partial charge in [0.05, 0.1) is 39.6 Å². The van der Waals surface area contributed by atoms with Crippen LogP contribution in [-0.4, -0.2) is 19.1 Å². The molecule has 0 radical (unpaired) electrons. The molecule has 1 N–H and O–H groups in total. The summed E-state index contributed by atoms with van der Waals surface area (Å²) < 4.78 is 5.11. The number of nitrogens with one attached hydrogen (secondary N) is 1. The maximum Gasteiger partial charge on any atom is 0.0674 e. The Morgan fingerprint density at radius 1 is 0.418 bits per heavy atom. The molecule has 4 heteroatoms. The Morgan fingerprint density at radius 2 is 0.896 bits per heavy atom. The second-order valence-corrected chi connectivity index (χ2v) is 18.7. The molecule has 0 atom stereocenters. The van der Waals surface area contributed by atoms with E-state index in [4.69, 9.17) is 4.98 Å². The lowest BCUT2D eigenvalue weighted by Gasteiger charge is -2.31. The molecular formula is C63H46N4. The Hall–Kier alpha value is -8.21. The lowest BCUT2D eigenvalue weighted by Crippen LogP contribution is -2.16. The molecule has 2 aliphatic rings. The van der Waals surface area contributed by atoms with Crippen molar-refractivity contribution in [2.45, 2.75) is 39.5 Å². The minimum absolute atomic E-state index is 0.974. The summed E-state index contributed by atoms with van der Waals surface area (Å²) in [5, 5.41) is 5.27. The van der Waals surface area contributed by atoms with E-state index in [0.29, 0.717) is 0 Å². The van der Waals surface area contributed by atoms with Crippen LogP contribution < -0.4 is 0 Å². The van der Waals surface area contributed by atoms with Crippen LogP contribution in [0.15, 0.2) is 189 Å². The molecule has 4 heterocycles. The number of hydrogen-bond acceptors (Lipinski definition) is 1. The van der Waals surface area contributed by atoms with Crippen LogP contribution in [0.2, 0.25) is 0 Å². The minimum Gasteiger partial charge on any atom is -0.366 e. The predicted molar refractivity (Wildman–Crippen MR) is 279 cm³/mol. The number of hydrogen-bond donors (Lipinski definition) is 1. The second kappa shape index (κ2) is 14.7. The van der Waals surface area contributed by atoms with Crippen LogP contribution in [0.1, 0.15) is 33.4 Å². The molecule has 0 fully saturated rings. The third-order valence-electron chi connectivity index (χ3n) is 15.1. The molecule has 0 spiro atoms. The maximum atomic E-state index is 4.73. The molecule has 4 aromatic heterocycles. The highest BCUT2D eigenvalue weighted by Crippen LogP contribution is 2.52. The van der Waals surface area contributed by atoms with E-state index in [1.165, 1.54) is 138 Å². The van der Waals surface area contributed by atoms with Gasteiger partial charge in [-0.3, -0.25) is 4.98 Å². The molecule has 0 saturated heterocycles. The first kappa shape index (κ1) is 38.1. The third-order valence-corrected chi connectivity index (χ3v) is 15.1. The molecule has 12 aromatic rings. The molecule has 67 heavy (non-hydrogen) atoms. The van der Waals surface area contributed by atoms with Gasteiger partial charge in [-0.1, -0.05) is 121 Å². The summed E-state index contributed by atoms with van der Waals surface area (Å²) in [6.45, 7) is 4.45. The van der Waals surface area contributed by atoms with Crippen LogP contribution in [0.5, 0.6) is 0 Å². The van der Waals surface area contributed by atoms with E-state index >= 15 is 0 Å². The molecule has 0 saturated carbocycles. The first-order chi connectivity index (χ1) is 33.1. The van der Waals surface area contributed by atoms with Crippen molar-refractivity contribution < 1.29 is 0 Å². The van der Waals surface area contributed by atoms with Crippen molar-refractivity contribution in [3.05, 3.63) is 222 Å². The average Bonchev–Trinajstić information content (AvgIpc) is 4.06. The Kier molecular flexibility index (Phi) is 8.33. The largest absolute Gasteiger partial charge is 0.366 e. The van der Waals surface area contributed by atoms with Gasteiger partial charge in [-0.2, -0.15) is 0 Å². The smallest absolute Gasteiger partial charge is 0.0674 e. The van der Waals surface area contributed by atoms with Crippen molar-refractivity contribution in [2.75, 3.05) is 0 Å². The van der Waals surface area contributed by atoms with E-state index in [1.807, 2.05) is 6.20 Å². The summed E-state index contributed by atoms with van der Waals surface area (Å²) in [7, 11) is 0. The highest BCUT2D eigenvalue weighted by Gasteiger charge is 2.33. The third kappa shape index (κ3) is 5.63. The Bertz CT molecular complexity index is 3990. The highest BCUT2D eigenvalue weighted by atomic mass is 15.0. The van der Waals surface area contributed by atoms with Gasteiger partial charge in [-0.15, -0.1) is 0 Å². The summed E-state index contributed by atoms with van der Waals surface area (Å²) in [5.74, 6) is 0. The Balaban J connectivity index is 1.03. The number of fused-ring (bicyclic) bond motifs is 8. The topological polar surface area (TPSA) is 38.5 Å². The molecular weight excluding hydrogens is 813 g/mol. The average molecular weight is 859 g/mol. The van der Waals surface area contributed by atoms with E-state index < -0.39 is 0 Å². The summed E-state index contributed by atoms with van der Waals surface area (Å²) >= 11 is 0. The molecule has 0 aliphatic heterocycles. The standard InChI is InChI=1S/C63H46N4/c1-38-29-30-64-36-58(38)66-56-27-23-42(48-19-11-9-17-46(48)40-13-5-3-6-14-40)31-52(56)54-33-44-22-26-51-61-45(21-25-50(60(44)61)62(54)66)34-55-53-32-43(49-20-12-10-18-47(49)41-15-7-4-8-16-41)24-28-57(53)67(63(51)55)59-37-65-35-39(59)2/h3-20,23-24,27-37,65H,21-22,25-26H2,1-2H3. The normalized spacial score (nSPS) is 13.0. The van der Waals surface area contributed by atoms with Crippen LogP contribution in [-0.2, 0) is 25.7 Å². The van der Waals surface area contributed by atoms with Crippen molar-refractivity contribution in [3.63, 3.8) is 0 Å². The van der Waals surface area contributed by atoms with E-state index in [9.17, 15) is 0 Å². The highest BCUT2D eigenvalue weighted by molar-refractivity contribution is 6.17. The fraction of sp³-hybridized carbons (Fsp3) is 0.0952. The molecule has 4 nitrogen and oxygen atoms in total. The number of aryl methyl sites for hydroxylation is 6. The number of H-pyrrole nitrogens is 1. The molecule has 0 unspecified atom stereocenters. The van der Waals surface area contributed by atoms with Gasteiger partial charge >= 0.3 is 0 Å². The quantitative estimate of drug-likeness (QED) is 0.178. The zero-order valence-corrected chi connectivity index (χ0v) is 37.6. The number of nitrogens with zero attached hydrogens (tertiary/aromatic N) is 3. The first-order valence-electron chi connectivity index (χ1n) is 23.7. The van der Waals surface area contributed by atoms with Crippen LogP contribution in [0.25, 0.3) is 111 Å². The number of aromatic amines is 1. The zero-order chi connectivity index (χ0) is 44.3. The van der Waals surface area contributed by atoms with Crippen molar-refractivity contribution >= 4 is 43.6 Å². The van der Waals surface area contributed by atoms with Gasteiger partial charge in [0.15, 0.2) is 0 Å². The fourth-order valence-electron chi connectivity index (χ4n) is 12.1. The van der Waals surface area contributed by atoms with Crippen LogP contribution in [0.4, 0.5) is 0 Å². The van der Waals surface area contributed by atoms with Gasteiger partial charge in [0.1, 0.15) is 0 Å². The molecule has 14 rings (SSSR count). The van der Waals surface area contributed by atoms with Gasteiger partial charge in [-0.05, 0) is 171 Å². The van der Waals surface area contributed by atoms with Gasteiger partial charge < -0.3 is 14.1 Å². The van der Waals surface area contributed by atoms with Crippen LogP contribution in [0, 0.1) is 13.8 Å². The number of pyridine rings is 1. The van der Waals surface area contributed by atoms with Crippen molar-refractivity contribution in [1.82, 2.24) is 19.1 Å². The first-order valence-corrected chi connectivity index (χ1v) is 23.7. The summed E-state index contributed by atoms with van der Waals surface area (Å²) in [4.78, 5) is 8.19.